The van der Waals surface area contributed by atoms with E-state index in [1.165, 1.54) is 6.42 Å². The van der Waals surface area contributed by atoms with Gasteiger partial charge in [0, 0.05) is 37.9 Å². The summed E-state index contributed by atoms with van der Waals surface area (Å²) in [5.41, 5.74) is 4.11. The van der Waals surface area contributed by atoms with Crippen molar-refractivity contribution < 1.29 is 9.84 Å². The Morgan fingerprint density at radius 1 is 1.11 bits per heavy atom. The third-order valence-electron chi connectivity index (χ3n) is 5.44. The number of hydrogen-bond donors (Lipinski definition) is 1. The van der Waals surface area contributed by atoms with Crippen LogP contribution in [-0.2, 0) is 11.3 Å². The first-order chi connectivity index (χ1) is 13.7. The second kappa shape index (κ2) is 8.59. The normalized spacial score (nSPS) is 17.2. The monoisotopic (exact) mass is 377 g/mol. The van der Waals surface area contributed by atoms with Gasteiger partial charge in [0.05, 0.1) is 24.3 Å². The molecule has 0 amide bonds. The van der Waals surface area contributed by atoms with Gasteiger partial charge in [-0.3, -0.25) is 0 Å². The lowest BCUT2D eigenvalue weighted by Crippen LogP contribution is -2.25. The van der Waals surface area contributed by atoms with E-state index in [2.05, 4.69) is 21.6 Å². The molecule has 1 aliphatic heterocycles. The molecule has 146 valence electrons. The minimum absolute atomic E-state index is 0.274. The van der Waals surface area contributed by atoms with E-state index >= 15 is 0 Å². The standard InChI is InChI=1S/C23H27N3O2/c1-28-13-12-25-11-10-18(15-25)16-26-17-24-22(19-6-3-2-4-7-19)23(26)20-8-5-9-21(27)14-20/h2-9,14,17-18,27H,10-13,15-16H2,1H3/t18-/m0/s1. The topological polar surface area (TPSA) is 50.5 Å². The van der Waals surface area contributed by atoms with Gasteiger partial charge in [-0.2, -0.15) is 0 Å². The molecule has 1 saturated heterocycles. The Bertz CT molecular complexity index is 907. The average Bonchev–Trinajstić information content (AvgIpc) is 3.34. The van der Waals surface area contributed by atoms with E-state index < -0.39 is 0 Å². The summed E-state index contributed by atoms with van der Waals surface area (Å²) < 4.78 is 7.47. The van der Waals surface area contributed by atoms with Crippen LogP contribution in [0.25, 0.3) is 22.5 Å². The fourth-order valence-electron chi connectivity index (χ4n) is 4.05. The molecule has 28 heavy (non-hydrogen) atoms. The molecule has 1 aliphatic rings. The minimum atomic E-state index is 0.274. The Morgan fingerprint density at radius 2 is 1.93 bits per heavy atom. The van der Waals surface area contributed by atoms with Gasteiger partial charge in [-0.15, -0.1) is 0 Å². The van der Waals surface area contributed by atoms with E-state index in [1.54, 1.807) is 13.2 Å². The van der Waals surface area contributed by atoms with Gasteiger partial charge in [0.1, 0.15) is 5.75 Å². The minimum Gasteiger partial charge on any atom is -0.508 e. The molecule has 0 bridgehead atoms. The van der Waals surface area contributed by atoms with Crippen molar-refractivity contribution in [2.24, 2.45) is 5.92 Å². The van der Waals surface area contributed by atoms with Crippen LogP contribution in [0, 0.1) is 5.92 Å². The van der Waals surface area contributed by atoms with Gasteiger partial charge in [0.15, 0.2) is 0 Å². The third kappa shape index (κ3) is 4.11. The largest absolute Gasteiger partial charge is 0.508 e. The molecule has 5 heteroatoms. The number of nitrogens with zero attached hydrogens (tertiary/aromatic N) is 3. The van der Waals surface area contributed by atoms with Gasteiger partial charge >= 0.3 is 0 Å². The second-order valence-corrected chi connectivity index (χ2v) is 7.46. The van der Waals surface area contributed by atoms with E-state index in [1.807, 2.05) is 42.7 Å². The fourth-order valence-corrected chi connectivity index (χ4v) is 4.05. The van der Waals surface area contributed by atoms with Crippen LogP contribution in [0.15, 0.2) is 60.9 Å². The molecular weight excluding hydrogens is 350 g/mol. The number of phenolic OH excluding ortho intramolecular Hbond substituents is 1. The molecule has 0 spiro atoms. The summed E-state index contributed by atoms with van der Waals surface area (Å²) in [5, 5.41) is 10.0. The molecule has 3 aromatic rings. The number of hydrogen-bond acceptors (Lipinski definition) is 4. The van der Waals surface area contributed by atoms with Crippen molar-refractivity contribution in [2.75, 3.05) is 33.4 Å². The Kier molecular flexibility index (Phi) is 5.74. The fraction of sp³-hybridized carbons (Fsp3) is 0.348. The summed E-state index contributed by atoms with van der Waals surface area (Å²) in [7, 11) is 1.76. The Hall–Kier alpha value is -2.63. The summed E-state index contributed by atoms with van der Waals surface area (Å²) in [6.07, 6.45) is 3.13. The first-order valence-electron chi connectivity index (χ1n) is 9.86. The summed E-state index contributed by atoms with van der Waals surface area (Å²) in [6.45, 7) is 4.90. The maximum absolute atomic E-state index is 10.0. The van der Waals surface area contributed by atoms with Crippen molar-refractivity contribution in [1.29, 1.82) is 0 Å². The molecule has 0 saturated carbocycles. The van der Waals surface area contributed by atoms with Gasteiger partial charge in [0.2, 0.25) is 0 Å². The summed E-state index contributed by atoms with van der Waals surface area (Å²) in [5.74, 6) is 0.863. The van der Waals surface area contributed by atoms with Crippen LogP contribution >= 0.6 is 0 Å². The van der Waals surface area contributed by atoms with Crippen molar-refractivity contribution in [2.45, 2.75) is 13.0 Å². The molecule has 1 N–H and O–H groups in total. The van der Waals surface area contributed by atoms with Crippen molar-refractivity contribution in [3.05, 3.63) is 60.9 Å². The average molecular weight is 377 g/mol. The number of likely N-dealkylation sites (tertiary alicyclic amines) is 1. The SMILES string of the molecule is COCCN1CC[C@H](Cn2cnc(-c3ccccc3)c2-c2cccc(O)c2)C1. The van der Waals surface area contributed by atoms with Gasteiger partial charge < -0.3 is 19.3 Å². The van der Waals surface area contributed by atoms with Crippen LogP contribution < -0.4 is 0 Å². The van der Waals surface area contributed by atoms with Gasteiger partial charge in [0.25, 0.3) is 0 Å². The number of benzene rings is 2. The zero-order valence-corrected chi connectivity index (χ0v) is 16.3. The molecule has 1 atom stereocenters. The van der Waals surface area contributed by atoms with E-state index in [0.29, 0.717) is 5.92 Å². The summed E-state index contributed by atoms with van der Waals surface area (Å²) in [6, 6.07) is 17.7. The van der Waals surface area contributed by atoms with Crippen molar-refractivity contribution >= 4 is 0 Å². The van der Waals surface area contributed by atoms with Gasteiger partial charge in [-0.1, -0.05) is 42.5 Å². The lowest BCUT2D eigenvalue weighted by molar-refractivity contribution is 0.158. The molecule has 1 fully saturated rings. The number of ether oxygens (including phenoxy) is 1. The molecule has 1 aromatic heterocycles. The van der Waals surface area contributed by atoms with Crippen molar-refractivity contribution in [1.82, 2.24) is 14.5 Å². The number of aromatic nitrogens is 2. The summed E-state index contributed by atoms with van der Waals surface area (Å²) >= 11 is 0. The summed E-state index contributed by atoms with van der Waals surface area (Å²) in [4.78, 5) is 7.22. The first-order valence-corrected chi connectivity index (χ1v) is 9.86. The van der Waals surface area contributed by atoms with Crippen LogP contribution in [0.5, 0.6) is 5.75 Å². The van der Waals surface area contributed by atoms with Crippen molar-refractivity contribution in [3.63, 3.8) is 0 Å². The zero-order valence-electron chi connectivity index (χ0n) is 16.3. The van der Waals surface area contributed by atoms with E-state index in [-0.39, 0.29) is 5.75 Å². The smallest absolute Gasteiger partial charge is 0.116 e. The molecule has 5 nitrogen and oxygen atoms in total. The number of phenols is 1. The molecule has 0 radical (unpaired) electrons. The number of imidazole rings is 1. The van der Waals surface area contributed by atoms with E-state index in [9.17, 15) is 5.11 Å². The maximum Gasteiger partial charge on any atom is 0.116 e. The molecular formula is C23H27N3O2. The zero-order chi connectivity index (χ0) is 19.3. The quantitative estimate of drug-likeness (QED) is 0.679. The van der Waals surface area contributed by atoms with Crippen molar-refractivity contribution in [3.8, 4) is 28.3 Å². The number of aromatic hydroxyl groups is 1. The Morgan fingerprint density at radius 3 is 2.71 bits per heavy atom. The first kappa shape index (κ1) is 18.7. The lowest BCUT2D eigenvalue weighted by Gasteiger charge is -2.17. The molecule has 4 rings (SSSR count). The van der Waals surface area contributed by atoms with Crippen LogP contribution in [0.3, 0.4) is 0 Å². The third-order valence-corrected chi connectivity index (χ3v) is 5.44. The van der Waals surface area contributed by atoms with Gasteiger partial charge in [-0.25, -0.2) is 4.98 Å². The van der Waals surface area contributed by atoms with Crippen LogP contribution in [0.2, 0.25) is 0 Å². The van der Waals surface area contributed by atoms with Crippen LogP contribution in [0.4, 0.5) is 0 Å². The highest BCUT2D eigenvalue weighted by atomic mass is 16.5. The highest BCUT2D eigenvalue weighted by Crippen LogP contribution is 2.33. The van der Waals surface area contributed by atoms with E-state index in [0.717, 1.165) is 55.3 Å². The lowest BCUT2D eigenvalue weighted by atomic mass is 10.0. The van der Waals surface area contributed by atoms with Crippen LogP contribution in [-0.4, -0.2) is 52.9 Å². The predicted molar refractivity (Wildman–Crippen MR) is 111 cm³/mol. The maximum atomic E-state index is 10.0. The predicted octanol–water partition coefficient (Wildman–Crippen LogP) is 3.89. The Balaban J connectivity index is 1.64. The van der Waals surface area contributed by atoms with Gasteiger partial charge in [-0.05, 0) is 31.0 Å². The highest BCUT2D eigenvalue weighted by Gasteiger charge is 2.24. The molecule has 2 aromatic carbocycles. The molecule has 2 heterocycles. The number of methoxy groups -OCH3 is 1. The molecule has 0 unspecified atom stereocenters. The second-order valence-electron chi connectivity index (χ2n) is 7.46. The highest BCUT2D eigenvalue weighted by molar-refractivity contribution is 5.79. The molecule has 0 aliphatic carbocycles. The van der Waals surface area contributed by atoms with E-state index in [4.69, 9.17) is 9.72 Å². The van der Waals surface area contributed by atoms with Crippen LogP contribution in [0.1, 0.15) is 6.42 Å². The number of rotatable bonds is 7. The Labute approximate surface area is 166 Å².